The van der Waals surface area contributed by atoms with Crippen LogP contribution in [0.15, 0.2) is 24.3 Å². The van der Waals surface area contributed by atoms with Gasteiger partial charge in [-0.3, -0.25) is 9.59 Å². The Labute approximate surface area is 139 Å². The molecule has 0 unspecified atom stereocenters. The van der Waals surface area contributed by atoms with Crippen LogP contribution in [0.2, 0.25) is 0 Å². The number of likely N-dealkylation sites (tertiary alicyclic amines) is 1. The summed E-state index contributed by atoms with van der Waals surface area (Å²) >= 11 is 0. The minimum Gasteiger partial charge on any atom is -0.356 e. The molecule has 0 aliphatic carbocycles. The largest absolute Gasteiger partial charge is 0.416 e. The molecule has 1 aromatic carbocycles. The van der Waals surface area contributed by atoms with E-state index in [1.807, 2.05) is 6.92 Å². The first-order valence-corrected chi connectivity index (χ1v) is 7.95. The number of amides is 2. The summed E-state index contributed by atoms with van der Waals surface area (Å²) in [4.78, 5) is 25.6. The minimum atomic E-state index is -4.38. The maximum Gasteiger partial charge on any atom is 0.416 e. The van der Waals surface area contributed by atoms with Crippen molar-refractivity contribution in [3.63, 3.8) is 0 Å². The lowest BCUT2D eigenvalue weighted by atomic mass is 9.99. The van der Waals surface area contributed by atoms with E-state index in [2.05, 4.69) is 5.32 Å². The topological polar surface area (TPSA) is 49.4 Å². The van der Waals surface area contributed by atoms with Crippen LogP contribution < -0.4 is 5.32 Å². The molecule has 1 heterocycles. The van der Waals surface area contributed by atoms with Gasteiger partial charge in [0.15, 0.2) is 0 Å². The van der Waals surface area contributed by atoms with Gasteiger partial charge in [-0.15, -0.1) is 0 Å². The molecule has 4 nitrogen and oxygen atoms in total. The van der Waals surface area contributed by atoms with E-state index in [0.717, 1.165) is 12.1 Å². The maximum atomic E-state index is 12.7. The van der Waals surface area contributed by atoms with E-state index in [-0.39, 0.29) is 30.2 Å². The van der Waals surface area contributed by atoms with E-state index in [1.165, 1.54) is 12.1 Å². The predicted molar refractivity (Wildman–Crippen MR) is 83.0 cm³/mol. The third-order valence-corrected chi connectivity index (χ3v) is 4.14. The SMILES string of the molecule is CCNC(=O)CC(=O)N1C[C@H](C)C[C@H]1c1ccc(C(F)(F)F)cc1. The number of hydrogen-bond donors (Lipinski definition) is 1. The summed E-state index contributed by atoms with van der Waals surface area (Å²) in [7, 11) is 0. The molecule has 0 aromatic heterocycles. The normalized spacial score (nSPS) is 21.0. The molecular weight excluding hydrogens is 321 g/mol. The molecule has 2 atom stereocenters. The van der Waals surface area contributed by atoms with Crippen LogP contribution in [-0.4, -0.2) is 29.8 Å². The second-order valence-corrected chi connectivity index (χ2v) is 6.15. The van der Waals surface area contributed by atoms with Gasteiger partial charge >= 0.3 is 6.18 Å². The highest BCUT2D eigenvalue weighted by molar-refractivity contribution is 5.97. The second-order valence-electron chi connectivity index (χ2n) is 6.15. The lowest BCUT2D eigenvalue weighted by Crippen LogP contribution is -2.35. The molecule has 1 aliphatic heterocycles. The van der Waals surface area contributed by atoms with Crippen molar-refractivity contribution in [1.29, 1.82) is 0 Å². The molecule has 1 aliphatic rings. The number of hydrogen-bond acceptors (Lipinski definition) is 2. The van der Waals surface area contributed by atoms with Gasteiger partial charge in [-0.05, 0) is 37.0 Å². The number of carbonyl (C=O) groups excluding carboxylic acids is 2. The summed E-state index contributed by atoms with van der Waals surface area (Å²) in [5, 5.41) is 2.58. The van der Waals surface area contributed by atoms with E-state index >= 15 is 0 Å². The summed E-state index contributed by atoms with van der Waals surface area (Å²) < 4.78 is 38.0. The van der Waals surface area contributed by atoms with Crippen LogP contribution in [-0.2, 0) is 15.8 Å². The number of carbonyl (C=O) groups is 2. The highest BCUT2D eigenvalue weighted by Gasteiger charge is 2.35. The molecule has 0 radical (unpaired) electrons. The van der Waals surface area contributed by atoms with Crippen molar-refractivity contribution >= 4 is 11.8 Å². The standard InChI is InChI=1S/C17H21F3N2O2/c1-3-21-15(23)9-16(24)22-10-11(2)8-14(22)12-4-6-13(7-5-12)17(18,19)20/h4-7,11,14H,3,8-10H2,1-2H3,(H,21,23)/t11-,14+/m1/s1. The molecular formula is C17H21F3N2O2. The van der Waals surface area contributed by atoms with Gasteiger partial charge < -0.3 is 10.2 Å². The van der Waals surface area contributed by atoms with Crippen molar-refractivity contribution in [2.45, 2.75) is 38.9 Å². The number of halogens is 3. The summed E-state index contributed by atoms with van der Waals surface area (Å²) in [5.74, 6) is -0.404. The molecule has 2 amide bonds. The lowest BCUT2D eigenvalue weighted by Gasteiger charge is -2.25. The first kappa shape index (κ1) is 18.3. The van der Waals surface area contributed by atoms with Crippen molar-refractivity contribution in [3.8, 4) is 0 Å². The number of rotatable bonds is 4. The van der Waals surface area contributed by atoms with Crippen molar-refractivity contribution < 1.29 is 22.8 Å². The van der Waals surface area contributed by atoms with Gasteiger partial charge in [0.2, 0.25) is 11.8 Å². The Morgan fingerprint density at radius 3 is 2.42 bits per heavy atom. The van der Waals surface area contributed by atoms with Gasteiger partial charge in [-0.2, -0.15) is 13.2 Å². The van der Waals surface area contributed by atoms with Crippen LogP contribution in [0.1, 0.15) is 43.9 Å². The minimum absolute atomic E-state index is 0.232. The smallest absolute Gasteiger partial charge is 0.356 e. The molecule has 7 heteroatoms. The first-order chi connectivity index (χ1) is 11.2. The van der Waals surface area contributed by atoms with Crippen LogP contribution >= 0.6 is 0 Å². The Morgan fingerprint density at radius 1 is 1.25 bits per heavy atom. The van der Waals surface area contributed by atoms with Gasteiger partial charge in [0.05, 0.1) is 11.6 Å². The van der Waals surface area contributed by atoms with Crippen LogP contribution in [0.5, 0.6) is 0 Å². The highest BCUT2D eigenvalue weighted by atomic mass is 19.4. The molecule has 1 fully saturated rings. The summed E-state index contributed by atoms with van der Waals surface area (Å²) in [5.41, 5.74) is -0.0471. The molecule has 1 aromatic rings. The summed E-state index contributed by atoms with van der Waals surface area (Å²) in [6.07, 6.45) is -3.94. The average Bonchev–Trinajstić information content (AvgIpc) is 2.89. The monoisotopic (exact) mass is 342 g/mol. The predicted octanol–water partition coefficient (Wildman–Crippen LogP) is 3.14. The molecule has 0 bridgehead atoms. The third-order valence-electron chi connectivity index (χ3n) is 4.14. The fraction of sp³-hybridized carbons (Fsp3) is 0.529. The van der Waals surface area contributed by atoms with Crippen LogP contribution in [0.4, 0.5) is 13.2 Å². The van der Waals surface area contributed by atoms with Crippen molar-refractivity contribution in [2.75, 3.05) is 13.1 Å². The van der Waals surface area contributed by atoms with Gasteiger partial charge in [-0.25, -0.2) is 0 Å². The Morgan fingerprint density at radius 2 is 1.88 bits per heavy atom. The van der Waals surface area contributed by atoms with E-state index < -0.39 is 11.7 Å². The van der Waals surface area contributed by atoms with Crippen molar-refractivity contribution in [2.24, 2.45) is 5.92 Å². The highest BCUT2D eigenvalue weighted by Crippen LogP contribution is 2.37. The van der Waals surface area contributed by atoms with E-state index in [0.29, 0.717) is 25.1 Å². The Hall–Kier alpha value is -2.05. The van der Waals surface area contributed by atoms with Crippen LogP contribution in [0.3, 0.4) is 0 Å². The van der Waals surface area contributed by atoms with Gasteiger partial charge in [0, 0.05) is 13.1 Å². The van der Waals surface area contributed by atoms with Crippen LogP contribution in [0.25, 0.3) is 0 Å². The van der Waals surface area contributed by atoms with E-state index in [1.54, 1.807) is 11.8 Å². The quantitative estimate of drug-likeness (QED) is 0.855. The fourth-order valence-electron chi connectivity index (χ4n) is 3.03. The fourth-order valence-corrected chi connectivity index (χ4v) is 3.03. The lowest BCUT2D eigenvalue weighted by molar-refractivity contribution is -0.138. The number of alkyl halides is 3. The zero-order chi connectivity index (χ0) is 17.9. The Balaban J connectivity index is 2.15. The molecule has 1 saturated heterocycles. The average molecular weight is 342 g/mol. The Kier molecular flexibility index (Phi) is 5.51. The van der Waals surface area contributed by atoms with Gasteiger partial charge in [0.1, 0.15) is 6.42 Å². The number of benzene rings is 1. The third kappa shape index (κ3) is 4.27. The van der Waals surface area contributed by atoms with E-state index in [4.69, 9.17) is 0 Å². The van der Waals surface area contributed by atoms with Crippen molar-refractivity contribution in [1.82, 2.24) is 10.2 Å². The first-order valence-electron chi connectivity index (χ1n) is 7.95. The molecule has 132 valence electrons. The summed E-state index contributed by atoms with van der Waals surface area (Å²) in [6, 6.07) is 4.61. The molecule has 2 rings (SSSR count). The number of nitrogens with zero attached hydrogens (tertiary/aromatic N) is 1. The van der Waals surface area contributed by atoms with Crippen LogP contribution in [0, 0.1) is 5.92 Å². The molecule has 24 heavy (non-hydrogen) atoms. The summed E-state index contributed by atoms with van der Waals surface area (Å²) in [6.45, 7) is 4.70. The van der Waals surface area contributed by atoms with Gasteiger partial charge in [0.25, 0.3) is 0 Å². The Bertz CT molecular complexity index is 599. The number of nitrogens with one attached hydrogen (secondary N) is 1. The molecule has 1 N–H and O–H groups in total. The maximum absolute atomic E-state index is 12.7. The van der Waals surface area contributed by atoms with Crippen molar-refractivity contribution in [3.05, 3.63) is 35.4 Å². The van der Waals surface area contributed by atoms with Gasteiger partial charge in [-0.1, -0.05) is 19.1 Å². The molecule has 0 spiro atoms. The second kappa shape index (κ2) is 7.23. The van der Waals surface area contributed by atoms with E-state index in [9.17, 15) is 22.8 Å². The zero-order valence-electron chi connectivity index (χ0n) is 13.7. The zero-order valence-corrected chi connectivity index (χ0v) is 13.7. The molecule has 0 saturated carbocycles.